The van der Waals surface area contributed by atoms with Gasteiger partial charge in [-0.15, -0.1) is 0 Å². The number of sulfonamides is 1. The highest BCUT2D eigenvalue weighted by Crippen LogP contribution is 2.54. The molecule has 5 rings (SSSR count). The Balaban J connectivity index is 1.47. The molecular formula is C25H31N3O5S. The lowest BCUT2D eigenvalue weighted by molar-refractivity contribution is -0.123. The maximum Gasteiger partial charge on any atom is 0.265 e. The van der Waals surface area contributed by atoms with E-state index < -0.39 is 15.4 Å². The molecule has 0 atom stereocenters. The zero-order chi connectivity index (χ0) is 23.9. The number of hydrogen-bond acceptors (Lipinski definition) is 6. The predicted molar refractivity (Wildman–Crippen MR) is 130 cm³/mol. The van der Waals surface area contributed by atoms with Gasteiger partial charge in [0.2, 0.25) is 5.91 Å². The van der Waals surface area contributed by atoms with E-state index in [0.717, 1.165) is 50.8 Å². The summed E-state index contributed by atoms with van der Waals surface area (Å²) >= 11 is 0. The molecule has 2 aromatic carbocycles. The fourth-order valence-corrected chi connectivity index (χ4v) is 6.38. The number of likely N-dealkylation sites (tertiary alicyclic amines) is 1. The van der Waals surface area contributed by atoms with Crippen LogP contribution in [-0.4, -0.2) is 53.1 Å². The number of nitrogens with zero attached hydrogens (tertiary/aromatic N) is 1. The summed E-state index contributed by atoms with van der Waals surface area (Å²) in [5.74, 6) is 1.19. The van der Waals surface area contributed by atoms with E-state index in [4.69, 9.17) is 9.47 Å². The van der Waals surface area contributed by atoms with Crippen molar-refractivity contribution in [1.29, 1.82) is 0 Å². The van der Waals surface area contributed by atoms with Gasteiger partial charge in [-0.1, -0.05) is 18.6 Å². The largest absolute Gasteiger partial charge is 0.495 e. The number of nitrogens with one attached hydrogen (secondary N) is 2. The van der Waals surface area contributed by atoms with E-state index in [0.29, 0.717) is 29.6 Å². The summed E-state index contributed by atoms with van der Waals surface area (Å²) in [4.78, 5) is 15.3. The second-order valence-corrected chi connectivity index (χ2v) is 11.3. The minimum atomic E-state index is -3.91. The van der Waals surface area contributed by atoms with Crippen LogP contribution in [0, 0.1) is 5.92 Å². The highest BCUT2D eigenvalue weighted by molar-refractivity contribution is 7.92. The van der Waals surface area contributed by atoms with Gasteiger partial charge >= 0.3 is 0 Å². The van der Waals surface area contributed by atoms with Gasteiger partial charge < -0.3 is 19.7 Å². The number of piperidine rings is 1. The summed E-state index contributed by atoms with van der Waals surface area (Å²) in [5.41, 5.74) is 1.29. The molecule has 2 heterocycles. The molecule has 1 saturated carbocycles. The normalized spacial score (nSPS) is 19.9. The molecule has 2 aromatic rings. The Bertz CT molecular complexity index is 1200. The number of hydrogen-bond donors (Lipinski definition) is 2. The zero-order valence-corrected chi connectivity index (χ0v) is 20.4. The third kappa shape index (κ3) is 4.01. The number of carbonyl (C=O) groups excluding carboxylic acids is 1. The van der Waals surface area contributed by atoms with Gasteiger partial charge in [0.25, 0.3) is 10.0 Å². The SMILES string of the molecule is COc1ccccc1S(=O)(=O)Nc1cc(OCC2CCN(C)CC2)c2c(c1)C1(CCC1)C(=O)N2. The lowest BCUT2D eigenvalue weighted by Crippen LogP contribution is -2.40. The molecule has 0 aromatic heterocycles. The fraction of sp³-hybridized carbons (Fsp3) is 0.480. The van der Waals surface area contributed by atoms with Crippen LogP contribution in [0.1, 0.15) is 37.7 Å². The first-order chi connectivity index (χ1) is 16.3. The van der Waals surface area contributed by atoms with Gasteiger partial charge in [-0.3, -0.25) is 9.52 Å². The van der Waals surface area contributed by atoms with E-state index in [-0.39, 0.29) is 16.6 Å². The quantitative estimate of drug-likeness (QED) is 0.622. The first-order valence-electron chi connectivity index (χ1n) is 11.8. The van der Waals surface area contributed by atoms with Gasteiger partial charge in [0.1, 0.15) is 16.4 Å². The molecule has 1 amide bonds. The number of rotatable bonds is 7. The van der Waals surface area contributed by atoms with Crippen molar-refractivity contribution in [3.63, 3.8) is 0 Å². The second kappa shape index (κ2) is 8.78. The number of anilines is 2. The summed E-state index contributed by atoms with van der Waals surface area (Å²) in [7, 11) is -0.352. The molecule has 0 unspecified atom stereocenters. The average Bonchev–Trinajstić information content (AvgIpc) is 3.10. The van der Waals surface area contributed by atoms with Crippen molar-refractivity contribution in [1.82, 2.24) is 4.90 Å². The number of methoxy groups -OCH3 is 1. The monoisotopic (exact) mass is 485 g/mol. The van der Waals surface area contributed by atoms with Crippen molar-refractivity contribution in [2.24, 2.45) is 5.92 Å². The van der Waals surface area contributed by atoms with E-state index in [1.165, 1.54) is 13.2 Å². The summed E-state index contributed by atoms with van der Waals surface area (Å²) in [6, 6.07) is 9.95. The minimum absolute atomic E-state index is 0.0253. The van der Waals surface area contributed by atoms with Crippen LogP contribution >= 0.6 is 0 Å². The Kier molecular flexibility index (Phi) is 5.93. The van der Waals surface area contributed by atoms with Crippen molar-refractivity contribution in [2.45, 2.75) is 42.4 Å². The molecule has 8 nitrogen and oxygen atoms in total. The number of fused-ring (bicyclic) bond motifs is 2. The van der Waals surface area contributed by atoms with Crippen LogP contribution in [0.3, 0.4) is 0 Å². The average molecular weight is 486 g/mol. The highest BCUT2D eigenvalue weighted by atomic mass is 32.2. The molecule has 0 radical (unpaired) electrons. The highest BCUT2D eigenvalue weighted by Gasteiger charge is 2.52. The van der Waals surface area contributed by atoms with Crippen LogP contribution in [0.4, 0.5) is 11.4 Å². The number of para-hydroxylation sites is 1. The number of amides is 1. The molecule has 1 aliphatic carbocycles. The molecule has 182 valence electrons. The van der Waals surface area contributed by atoms with Crippen LogP contribution in [0.15, 0.2) is 41.3 Å². The molecule has 0 bridgehead atoms. The number of carbonyl (C=O) groups is 1. The topological polar surface area (TPSA) is 97.0 Å². The van der Waals surface area contributed by atoms with Gasteiger partial charge in [-0.2, -0.15) is 0 Å². The third-order valence-electron chi connectivity index (χ3n) is 7.42. The molecule has 9 heteroatoms. The van der Waals surface area contributed by atoms with Crippen molar-refractivity contribution >= 4 is 27.3 Å². The number of ether oxygens (including phenoxy) is 2. The molecule has 3 aliphatic rings. The maximum atomic E-state index is 13.2. The summed E-state index contributed by atoms with van der Waals surface area (Å²) in [6.45, 7) is 2.60. The third-order valence-corrected chi connectivity index (χ3v) is 8.84. The van der Waals surface area contributed by atoms with Crippen molar-refractivity contribution in [3.8, 4) is 11.5 Å². The summed E-state index contributed by atoms with van der Waals surface area (Å²) in [6.07, 6.45) is 4.58. The Morgan fingerprint density at radius 1 is 1.15 bits per heavy atom. The summed E-state index contributed by atoms with van der Waals surface area (Å²) < 4.78 is 40.6. The Morgan fingerprint density at radius 3 is 2.56 bits per heavy atom. The Labute approximate surface area is 200 Å². The predicted octanol–water partition coefficient (Wildman–Crippen LogP) is 3.59. The van der Waals surface area contributed by atoms with Crippen LogP contribution in [0.5, 0.6) is 11.5 Å². The van der Waals surface area contributed by atoms with Gasteiger partial charge in [-0.25, -0.2) is 8.42 Å². The molecule has 2 aliphatic heterocycles. The molecule has 1 saturated heterocycles. The van der Waals surface area contributed by atoms with E-state index in [1.807, 2.05) is 0 Å². The van der Waals surface area contributed by atoms with E-state index in [2.05, 4.69) is 22.0 Å². The van der Waals surface area contributed by atoms with E-state index in [1.54, 1.807) is 30.3 Å². The van der Waals surface area contributed by atoms with Gasteiger partial charge in [0.05, 0.1) is 30.5 Å². The Morgan fingerprint density at radius 2 is 1.88 bits per heavy atom. The van der Waals surface area contributed by atoms with Crippen molar-refractivity contribution < 1.29 is 22.7 Å². The minimum Gasteiger partial charge on any atom is -0.495 e. The molecule has 1 spiro atoms. The Hall–Kier alpha value is -2.78. The smallest absolute Gasteiger partial charge is 0.265 e. The molecule has 34 heavy (non-hydrogen) atoms. The molecule has 2 fully saturated rings. The first kappa shape index (κ1) is 23.0. The second-order valence-electron chi connectivity index (χ2n) is 9.60. The van der Waals surface area contributed by atoms with Gasteiger partial charge in [0.15, 0.2) is 0 Å². The van der Waals surface area contributed by atoms with Crippen LogP contribution in [0.25, 0.3) is 0 Å². The van der Waals surface area contributed by atoms with Gasteiger partial charge in [-0.05, 0) is 75.5 Å². The van der Waals surface area contributed by atoms with Crippen molar-refractivity contribution in [3.05, 3.63) is 42.0 Å². The van der Waals surface area contributed by atoms with Crippen molar-refractivity contribution in [2.75, 3.05) is 43.9 Å². The van der Waals surface area contributed by atoms with Gasteiger partial charge in [0, 0.05) is 6.07 Å². The maximum absolute atomic E-state index is 13.2. The lowest BCUT2D eigenvalue weighted by atomic mass is 9.65. The van der Waals surface area contributed by atoms with Crippen LogP contribution in [0.2, 0.25) is 0 Å². The zero-order valence-electron chi connectivity index (χ0n) is 19.6. The fourth-order valence-electron chi connectivity index (χ4n) is 5.16. The van der Waals surface area contributed by atoms with E-state index >= 15 is 0 Å². The van der Waals surface area contributed by atoms with Crippen LogP contribution < -0.4 is 19.5 Å². The van der Waals surface area contributed by atoms with Crippen LogP contribution in [-0.2, 0) is 20.2 Å². The summed E-state index contributed by atoms with van der Waals surface area (Å²) in [5, 5.41) is 3.02. The number of benzene rings is 2. The lowest BCUT2D eigenvalue weighted by Gasteiger charge is -2.36. The molecular weight excluding hydrogens is 454 g/mol. The molecule has 2 N–H and O–H groups in total. The van der Waals surface area contributed by atoms with E-state index in [9.17, 15) is 13.2 Å². The first-order valence-corrected chi connectivity index (χ1v) is 13.3. The standard InChI is InChI=1S/C25H31N3O5S/c1-28-12-8-17(9-13-28)16-33-21-15-18(14-19-23(21)26-24(29)25(19)10-5-11-25)27-34(30,31)22-7-4-3-6-20(22)32-2/h3-4,6-7,14-15,17,27H,5,8-13,16H2,1-2H3,(H,26,29).